The number of aryl methyl sites for hydroxylation is 1. The van der Waals surface area contributed by atoms with Crippen molar-refractivity contribution in [1.29, 1.82) is 0 Å². The molecule has 1 amide bonds. The van der Waals surface area contributed by atoms with Crippen molar-refractivity contribution in [3.8, 4) is 0 Å². The molecule has 0 aliphatic carbocycles. The van der Waals surface area contributed by atoms with Crippen molar-refractivity contribution in [2.75, 3.05) is 0 Å². The Morgan fingerprint density at radius 2 is 1.91 bits per heavy atom. The van der Waals surface area contributed by atoms with Gasteiger partial charge in [-0.15, -0.1) is 0 Å². The zero-order valence-corrected chi connectivity index (χ0v) is 12.2. The van der Waals surface area contributed by atoms with Crippen molar-refractivity contribution in [2.24, 2.45) is 0 Å². The van der Waals surface area contributed by atoms with Crippen LogP contribution in [0.25, 0.3) is 0 Å². The lowest BCUT2D eigenvalue weighted by Crippen LogP contribution is -2.29. The van der Waals surface area contributed by atoms with Gasteiger partial charge < -0.3 is 14.8 Å². The molecule has 0 radical (unpaired) electrons. The van der Waals surface area contributed by atoms with Gasteiger partial charge in [-0.2, -0.15) is 0 Å². The number of benzene rings is 1. The van der Waals surface area contributed by atoms with Crippen LogP contribution in [-0.2, 0) is 16.0 Å². The van der Waals surface area contributed by atoms with Crippen molar-refractivity contribution in [2.45, 2.75) is 31.7 Å². The molecule has 0 aliphatic rings. The highest BCUT2D eigenvalue weighted by Crippen LogP contribution is 2.18. The van der Waals surface area contributed by atoms with Crippen LogP contribution >= 0.6 is 0 Å². The van der Waals surface area contributed by atoms with Crippen LogP contribution in [0.15, 0.2) is 53.3 Å². The molecule has 1 atom stereocenters. The molecular weight excluding hydrogens is 282 g/mol. The Morgan fingerprint density at radius 1 is 1.14 bits per heavy atom. The van der Waals surface area contributed by atoms with Gasteiger partial charge in [0.2, 0.25) is 5.91 Å². The molecule has 1 heterocycles. The normalized spacial score (nSPS) is 11.8. The first kappa shape index (κ1) is 15.8. The molecule has 1 aromatic carbocycles. The van der Waals surface area contributed by atoms with Crippen molar-refractivity contribution in [3.63, 3.8) is 0 Å². The molecule has 5 heteroatoms. The summed E-state index contributed by atoms with van der Waals surface area (Å²) in [6, 6.07) is 11.0. The molecule has 0 saturated carbocycles. The molecule has 2 aromatic rings. The molecule has 0 bridgehead atoms. The number of aliphatic carboxylic acids is 1. The van der Waals surface area contributed by atoms with Crippen molar-refractivity contribution in [1.82, 2.24) is 5.32 Å². The summed E-state index contributed by atoms with van der Waals surface area (Å²) in [5, 5.41) is 11.8. The molecule has 2 rings (SSSR count). The Kier molecular flexibility index (Phi) is 5.77. The predicted molar refractivity (Wildman–Crippen MR) is 81.2 cm³/mol. The Hall–Kier alpha value is -2.56. The van der Waals surface area contributed by atoms with Crippen LogP contribution in [0.1, 0.15) is 36.4 Å². The third-order valence-electron chi connectivity index (χ3n) is 3.40. The number of furan rings is 1. The number of rotatable bonds is 8. The first-order valence-corrected chi connectivity index (χ1v) is 7.22. The fourth-order valence-corrected chi connectivity index (χ4v) is 2.23. The second-order valence-electron chi connectivity index (χ2n) is 5.09. The van der Waals surface area contributed by atoms with Crippen LogP contribution in [0, 0.1) is 0 Å². The van der Waals surface area contributed by atoms with E-state index in [1.807, 2.05) is 36.4 Å². The van der Waals surface area contributed by atoms with E-state index >= 15 is 0 Å². The molecule has 0 fully saturated rings. The van der Waals surface area contributed by atoms with Gasteiger partial charge >= 0.3 is 5.97 Å². The number of carbonyl (C=O) groups excluding carboxylic acids is 1. The van der Waals surface area contributed by atoms with Crippen molar-refractivity contribution >= 4 is 11.9 Å². The highest BCUT2D eigenvalue weighted by molar-refractivity contribution is 5.76. The summed E-state index contributed by atoms with van der Waals surface area (Å²) in [7, 11) is 0. The Morgan fingerprint density at radius 3 is 2.55 bits per heavy atom. The summed E-state index contributed by atoms with van der Waals surface area (Å²) in [6.45, 7) is 0. The lowest BCUT2D eigenvalue weighted by molar-refractivity contribution is -0.137. The molecule has 116 valence electrons. The maximum atomic E-state index is 12.1. The van der Waals surface area contributed by atoms with Gasteiger partial charge in [0.15, 0.2) is 0 Å². The van der Waals surface area contributed by atoms with E-state index in [0.29, 0.717) is 19.3 Å². The topological polar surface area (TPSA) is 79.5 Å². The molecule has 22 heavy (non-hydrogen) atoms. The van der Waals surface area contributed by atoms with E-state index in [9.17, 15) is 9.59 Å². The molecule has 1 aromatic heterocycles. The SMILES string of the molecule is O=C(O)CCC(NC(=O)CCc1ccoc1)c1ccccc1. The molecule has 2 N–H and O–H groups in total. The first-order chi connectivity index (χ1) is 10.6. The van der Waals surface area contributed by atoms with Crippen LogP contribution in [0.5, 0.6) is 0 Å². The van der Waals surface area contributed by atoms with Crippen molar-refractivity contribution < 1.29 is 19.1 Å². The lowest BCUT2D eigenvalue weighted by Gasteiger charge is -2.18. The second-order valence-corrected chi connectivity index (χ2v) is 5.09. The minimum atomic E-state index is -0.867. The lowest BCUT2D eigenvalue weighted by atomic mass is 10.0. The van der Waals surface area contributed by atoms with Crippen LogP contribution < -0.4 is 5.32 Å². The van der Waals surface area contributed by atoms with E-state index in [2.05, 4.69) is 5.32 Å². The average Bonchev–Trinajstić information content (AvgIpc) is 3.03. The number of carboxylic acids is 1. The van der Waals surface area contributed by atoms with Gasteiger partial charge in [0.1, 0.15) is 0 Å². The molecule has 1 unspecified atom stereocenters. The monoisotopic (exact) mass is 301 g/mol. The van der Waals surface area contributed by atoms with E-state index in [1.165, 1.54) is 0 Å². The summed E-state index contributed by atoms with van der Waals surface area (Å²) >= 11 is 0. The molecule has 0 saturated heterocycles. The van der Waals surface area contributed by atoms with E-state index in [4.69, 9.17) is 9.52 Å². The zero-order chi connectivity index (χ0) is 15.8. The summed E-state index contributed by atoms with van der Waals surface area (Å²) in [6.07, 6.45) is 4.52. The van der Waals surface area contributed by atoms with E-state index in [1.54, 1.807) is 12.5 Å². The van der Waals surface area contributed by atoms with Gasteiger partial charge in [0.05, 0.1) is 18.6 Å². The average molecular weight is 301 g/mol. The second kappa shape index (κ2) is 8.02. The minimum absolute atomic E-state index is 0.0154. The first-order valence-electron chi connectivity index (χ1n) is 7.22. The fraction of sp³-hybridized carbons (Fsp3) is 0.294. The predicted octanol–water partition coefficient (Wildman–Crippen LogP) is 2.93. The maximum Gasteiger partial charge on any atom is 0.303 e. The summed E-state index contributed by atoms with van der Waals surface area (Å²) in [5.41, 5.74) is 1.89. The van der Waals surface area contributed by atoms with E-state index in [0.717, 1.165) is 11.1 Å². The van der Waals surface area contributed by atoms with Crippen molar-refractivity contribution in [3.05, 3.63) is 60.1 Å². The zero-order valence-electron chi connectivity index (χ0n) is 12.2. The largest absolute Gasteiger partial charge is 0.481 e. The Labute approximate surface area is 129 Å². The number of hydrogen-bond acceptors (Lipinski definition) is 3. The van der Waals surface area contributed by atoms with Gasteiger partial charge in [0.25, 0.3) is 0 Å². The number of amides is 1. The fourth-order valence-electron chi connectivity index (χ4n) is 2.23. The van der Waals surface area contributed by atoms with Crippen LogP contribution in [0.4, 0.5) is 0 Å². The summed E-state index contributed by atoms with van der Waals surface area (Å²) in [5.74, 6) is -0.964. The standard InChI is InChI=1S/C17H19NO4/c19-16(8-6-13-10-11-22-12-13)18-15(7-9-17(20)21)14-4-2-1-3-5-14/h1-5,10-12,15H,6-9H2,(H,18,19)(H,20,21). The Bertz CT molecular complexity index is 592. The van der Waals surface area contributed by atoms with E-state index < -0.39 is 5.97 Å². The third-order valence-corrected chi connectivity index (χ3v) is 3.40. The Balaban J connectivity index is 1.93. The van der Waals surface area contributed by atoms with Crippen LogP contribution in [-0.4, -0.2) is 17.0 Å². The molecule has 0 spiro atoms. The number of carboxylic acid groups (broad SMARTS) is 1. The molecule has 0 aliphatic heterocycles. The quantitative estimate of drug-likeness (QED) is 0.785. The van der Waals surface area contributed by atoms with Gasteiger partial charge in [-0.05, 0) is 30.0 Å². The minimum Gasteiger partial charge on any atom is -0.481 e. The van der Waals surface area contributed by atoms with E-state index in [-0.39, 0.29) is 18.4 Å². The maximum absolute atomic E-state index is 12.1. The van der Waals surface area contributed by atoms with Crippen LogP contribution in [0.2, 0.25) is 0 Å². The highest BCUT2D eigenvalue weighted by Gasteiger charge is 2.16. The van der Waals surface area contributed by atoms with Gasteiger partial charge in [-0.1, -0.05) is 30.3 Å². The molecular formula is C17H19NO4. The van der Waals surface area contributed by atoms with Gasteiger partial charge in [0, 0.05) is 12.8 Å². The smallest absolute Gasteiger partial charge is 0.303 e. The summed E-state index contributed by atoms with van der Waals surface area (Å²) in [4.78, 5) is 22.9. The highest BCUT2D eigenvalue weighted by atomic mass is 16.4. The van der Waals surface area contributed by atoms with Crippen LogP contribution in [0.3, 0.4) is 0 Å². The number of hydrogen-bond donors (Lipinski definition) is 2. The number of nitrogens with one attached hydrogen (secondary N) is 1. The number of carbonyl (C=O) groups is 2. The van der Waals surface area contributed by atoms with Gasteiger partial charge in [-0.3, -0.25) is 9.59 Å². The third kappa shape index (κ3) is 5.09. The molecule has 5 nitrogen and oxygen atoms in total. The summed E-state index contributed by atoms with van der Waals surface area (Å²) < 4.78 is 4.97. The van der Waals surface area contributed by atoms with Gasteiger partial charge in [-0.25, -0.2) is 0 Å².